The number of rotatable bonds is 1. The fourth-order valence-electron chi connectivity index (χ4n) is 1.99. The van der Waals surface area contributed by atoms with Gasteiger partial charge >= 0.3 is 0 Å². The number of imidazole rings is 1. The van der Waals surface area contributed by atoms with E-state index in [0.29, 0.717) is 26.6 Å². The number of aryl methyl sites for hydroxylation is 1. The van der Waals surface area contributed by atoms with E-state index >= 15 is 0 Å². The number of pyridine rings is 1. The van der Waals surface area contributed by atoms with Gasteiger partial charge < -0.3 is 4.98 Å². The Morgan fingerprint density at radius 3 is 2.95 bits per heavy atom. The number of halogens is 2. The maximum Gasteiger partial charge on any atom is 0.184 e. The van der Waals surface area contributed by atoms with Crippen molar-refractivity contribution >= 4 is 35.0 Å². The van der Waals surface area contributed by atoms with Crippen LogP contribution in [0.15, 0.2) is 30.5 Å². The van der Waals surface area contributed by atoms with Crippen LogP contribution in [0.25, 0.3) is 16.9 Å². The summed E-state index contributed by atoms with van der Waals surface area (Å²) in [5.74, 6) is -0.348. The molecule has 1 N–H and O–H groups in total. The van der Waals surface area contributed by atoms with Crippen molar-refractivity contribution in [3.8, 4) is 5.69 Å². The predicted molar refractivity (Wildman–Crippen MR) is 76.0 cm³/mol. The number of H-pyrrole nitrogens is 1. The third kappa shape index (κ3) is 2.05. The number of benzene rings is 1. The average Bonchev–Trinajstić information content (AvgIpc) is 2.67. The van der Waals surface area contributed by atoms with E-state index in [0.717, 1.165) is 5.56 Å². The van der Waals surface area contributed by atoms with Crippen molar-refractivity contribution in [1.82, 2.24) is 14.5 Å². The number of nitrogens with one attached hydrogen (secondary N) is 1. The first-order valence-corrected chi connectivity index (χ1v) is 6.37. The second-order valence-electron chi connectivity index (χ2n) is 4.25. The van der Waals surface area contributed by atoms with Crippen LogP contribution in [0.5, 0.6) is 0 Å². The normalized spacial score (nSPS) is 11.1. The molecule has 6 heteroatoms. The Morgan fingerprint density at radius 1 is 1.37 bits per heavy atom. The molecule has 0 spiro atoms. The van der Waals surface area contributed by atoms with Crippen molar-refractivity contribution < 1.29 is 4.39 Å². The summed E-state index contributed by atoms with van der Waals surface area (Å²) in [6, 6.07) is 6.57. The van der Waals surface area contributed by atoms with Gasteiger partial charge in [-0.25, -0.2) is 9.37 Å². The highest BCUT2D eigenvalue weighted by Crippen LogP contribution is 2.22. The molecule has 0 fully saturated rings. The molecule has 0 saturated carbocycles. The first-order chi connectivity index (χ1) is 9.06. The summed E-state index contributed by atoms with van der Waals surface area (Å²) in [6.07, 6.45) is 1.51. The van der Waals surface area contributed by atoms with Crippen LogP contribution >= 0.6 is 23.8 Å². The molecule has 3 rings (SSSR count). The van der Waals surface area contributed by atoms with Gasteiger partial charge in [0.2, 0.25) is 0 Å². The summed E-state index contributed by atoms with van der Waals surface area (Å²) in [5, 5.41) is 0.501. The van der Waals surface area contributed by atoms with Crippen LogP contribution in [0.3, 0.4) is 0 Å². The molecule has 96 valence electrons. The maximum absolute atomic E-state index is 14.0. The van der Waals surface area contributed by atoms with Gasteiger partial charge in [0.25, 0.3) is 0 Å². The van der Waals surface area contributed by atoms with Crippen LogP contribution in [-0.4, -0.2) is 14.5 Å². The quantitative estimate of drug-likeness (QED) is 0.683. The molecule has 0 aliphatic heterocycles. The molecule has 0 aliphatic rings. The molecule has 0 bridgehead atoms. The largest absolute Gasteiger partial charge is 0.329 e. The Kier molecular flexibility index (Phi) is 2.88. The zero-order valence-corrected chi connectivity index (χ0v) is 11.5. The van der Waals surface area contributed by atoms with Gasteiger partial charge in [0.15, 0.2) is 10.4 Å². The van der Waals surface area contributed by atoms with Gasteiger partial charge in [0.1, 0.15) is 5.82 Å². The SMILES string of the molecule is Cc1ccc(F)c(-n2c(=S)[nH]c3cc(Cl)cnc32)c1. The van der Waals surface area contributed by atoms with Crippen LogP contribution in [0.1, 0.15) is 5.56 Å². The number of nitrogens with zero attached hydrogens (tertiary/aromatic N) is 2. The van der Waals surface area contributed by atoms with Crippen molar-refractivity contribution in [1.29, 1.82) is 0 Å². The second kappa shape index (κ2) is 4.43. The van der Waals surface area contributed by atoms with Crippen molar-refractivity contribution in [2.45, 2.75) is 6.92 Å². The molecule has 0 aliphatic carbocycles. The zero-order chi connectivity index (χ0) is 13.6. The first kappa shape index (κ1) is 12.3. The van der Waals surface area contributed by atoms with Crippen molar-refractivity contribution in [3.05, 3.63) is 51.6 Å². The minimum atomic E-state index is -0.348. The Balaban J connectivity index is 2.39. The Hall–Kier alpha value is -1.72. The summed E-state index contributed by atoms with van der Waals surface area (Å²) in [5.41, 5.74) is 2.56. The Bertz CT molecular complexity index is 838. The maximum atomic E-state index is 14.0. The minimum absolute atomic E-state index is 0.348. The van der Waals surface area contributed by atoms with Crippen LogP contribution < -0.4 is 0 Å². The van der Waals surface area contributed by atoms with Crippen LogP contribution in [0.4, 0.5) is 4.39 Å². The standard InChI is InChI=1S/C13H9ClFN3S/c1-7-2-3-9(15)11(4-7)18-12-10(17-13(18)19)5-8(14)6-16-12/h2-6H,1H3,(H,17,19). The number of hydrogen-bond acceptors (Lipinski definition) is 2. The summed E-state index contributed by atoms with van der Waals surface area (Å²) in [6.45, 7) is 1.89. The summed E-state index contributed by atoms with van der Waals surface area (Å²) in [7, 11) is 0. The average molecular weight is 294 g/mol. The van der Waals surface area contributed by atoms with E-state index in [4.69, 9.17) is 23.8 Å². The van der Waals surface area contributed by atoms with Crippen LogP contribution in [0, 0.1) is 17.5 Å². The smallest absolute Gasteiger partial charge is 0.184 e. The summed E-state index contributed by atoms with van der Waals surface area (Å²) < 4.78 is 15.9. The van der Waals surface area contributed by atoms with E-state index in [-0.39, 0.29) is 5.82 Å². The van der Waals surface area contributed by atoms with Gasteiger partial charge in [-0.1, -0.05) is 17.7 Å². The fraction of sp³-hybridized carbons (Fsp3) is 0.0769. The third-order valence-electron chi connectivity index (χ3n) is 2.83. The topological polar surface area (TPSA) is 33.6 Å². The van der Waals surface area contributed by atoms with E-state index in [1.165, 1.54) is 12.3 Å². The molecule has 0 atom stereocenters. The Morgan fingerprint density at radius 2 is 2.16 bits per heavy atom. The molecule has 0 amide bonds. The molecule has 3 nitrogen and oxygen atoms in total. The molecule has 3 aromatic rings. The minimum Gasteiger partial charge on any atom is -0.329 e. The van der Waals surface area contributed by atoms with Crippen LogP contribution in [-0.2, 0) is 0 Å². The summed E-state index contributed by atoms with van der Waals surface area (Å²) in [4.78, 5) is 7.19. The van der Waals surface area contributed by atoms with Gasteiger partial charge in [-0.3, -0.25) is 4.57 Å². The lowest BCUT2D eigenvalue weighted by Gasteiger charge is -2.06. The Labute approximate surface area is 118 Å². The molecule has 0 unspecified atom stereocenters. The van der Waals surface area contributed by atoms with Gasteiger partial charge in [-0.15, -0.1) is 0 Å². The molecular weight excluding hydrogens is 285 g/mol. The third-order valence-corrected chi connectivity index (χ3v) is 3.32. The lowest BCUT2D eigenvalue weighted by Crippen LogP contribution is -1.99. The molecule has 2 heterocycles. The number of hydrogen-bond donors (Lipinski definition) is 1. The highest BCUT2D eigenvalue weighted by atomic mass is 35.5. The molecular formula is C13H9ClFN3S. The predicted octanol–water partition coefficient (Wildman–Crippen LogP) is 4.18. The fourth-order valence-corrected chi connectivity index (χ4v) is 2.44. The lowest BCUT2D eigenvalue weighted by molar-refractivity contribution is 0.618. The second-order valence-corrected chi connectivity index (χ2v) is 5.07. The number of aromatic nitrogens is 3. The van der Waals surface area contributed by atoms with Crippen molar-refractivity contribution in [2.24, 2.45) is 0 Å². The summed E-state index contributed by atoms with van der Waals surface area (Å²) >= 11 is 11.1. The lowest BCUT2D eigenvalue weighted by atomic mass is 10.2. The molecule has 0 radical (unpaired) electrons. The monoisotopic (exact) mass is 293 g/mol. The zero-order valence-electron chi connectivity index (χ0n) is 9.95. The molecule has 0 saturated heterocycles. The van der Waals surface area contributed by atoms with Crippen LogP contribution in [0.2, 0.25) is 5.02 Å². The van der Waals surface area contributed by atoms with Gasteiger partial charge in [-0.05, 0) is 42.9 Å². The molecule has 2 aromatic heterocycles. The van der Waals surface area contributed by atoms with E-state index in [2.05, 4.69) is 9.97 Å². The van der Waals surface area contributed by atoms with E-state index in [1.807, 2.05) is 6.92 Å². The van der Waals surface area contributed by atoms with E-state index in [9.17, 15) is 4.39 Å². The highest BCUT2D eigenvalue weighted by Gasteiger charge is 2.12. The first-order valence-electron chi connectivity index (χ1n) is 5.59. The highest BCUT2D eigenvalue weighted by molar-refractivity contribution is 7.71. The number of fused-ring (bicyclic) bond motifs is 1. The van der Waals surface area contributed by atoms with Crippen molar-refractivity contribution in [3.63, 3.8) is 0 Å². The van der Waals surface area contributed by atoms with Gasteiger partial charge in [0.05, 0.1) is 16.2 Å². The molecule has 19 heavy (non-hydrogen) atoms. The van der Waals surface area contributed by atoms with Gasteiger partial charge in [0, 0.05) is 6.20 Å². The molecule has 1 aromatic carbocycles. The van der Waals surface area contributed by atoms with E-state index < -0.39 is 0 Å². The van der Waals surface area contributed by atoms with Crippen molar-refractivity contribution in [2.75, 3.05) is 0 Å². The van der Waals surface area contributed by atoms with E-state index in [1.54, 1.807) is 22.8 Å². The van der Waals surface area contributed by atoms with Gasteiger partial charge in [-0.2, -0.15) is 0 Å². The number of aromatic amines is 1.